The standard InChI is InChI=1S/C17H19ClN2O3S/c1-11-8-13(9-12(2)16(11)18)23-10-15(21)19-5-6-20-17(22)14-4-3-7-24-14/h3-4,7-9H,5-6,10H2,1-2H3,(H,19,21)(H,20,22). The zero-order valence-corrected chi connectivity index (χ0v) is 15.1. The maximum Gasteiger partial charge on any atom is 0.261 e. The third-order valence-electron chi connectivity index (χ3n) is 3.26. The highest BCUT2D eigenvalue weighted by molar-refractivity contribution is 7.12. The Morgan fingerprint density at radius 2 is 1.83 bits per heavy atom. The van der Waals surface area contributed by atoms with Crippen LogP contribution in [0.3, 0.4) is 0 Å². The van der Waals surface area contributed by atoms with Crippen LogP contribution in [0.1, 0.15) is 20.8 Å². The molecule has 0 spiro atoms. The van der Waals surface area contributed by atoms with Crippen LogP contribution in [0, 0.1) is 13.8 Å². The van der Waals surface area contributed by atoms with Gasteiger partial charge in [0.2, 0.25) is 0 Å². The number of hydrogen-bond donors (Lipinski definition) is 2. The molecule has 24 heavy (non-hydrogen) atoms. The molecule has 1 aromatic carbocycles. The lowest BCUT2D eigenvalue weighted by Gasteiger charge is -2.10. The maximum atomic E-state index is 11.8. The van der Waals surface area contributed by atoms with Crippen molar-refractivity contribution in [3.63, 3.8) is 0 Å². The molecule has 0 radical (unpaired) electrons. The molecule has 5 nitrogen and oxygen atoms in total. The molecule has 128 valence electrons. The third-order valence-corrected chi connectivity index (χ3v) is 4.72. The lowest BCUT2D eigenvalue weighted by Crippen LogP contribution is -2.36. The van der Waals surface area contributed by atoms with Gasteiger partial charge in [-0.05, 0) is 48.6 Å². The van der Waals surface area contributed by atoms with E-state index in [9.17, 15) is 9.59 Å². The van der Waals surface area contributed by atoms with E-state index in [-0.39, 0.29) is 18.4 Å². The minimum atomic E-state index is -0.245. The van der Waals surface area contributed by atoms with Crippen molar-refractivity contribution in [3.8, 4) is 5.75 Å². The van der Waals surface area contributed by atoms with E-state index >= 15 is 0 Å². The van der Waals surface area contributed by atoms with E-state index in [4.69, 9.17) is 16.3 Å². The Labute approximate surface area is 150 Å². The van der Waals surface area contributed by atoms with Gasteiger partial charge in [0, 0.05) is 18.1 Å². The first-order valence-electron chi connectivity index (χ1n) is 7.45. The molecule has 0 bridgehead atoms. The Hall–Kier alpha value is -2.05. The summed E-state index contributed by atoms with van der Waals surface area (Å²) in [6, 6.07) is 7.16. The van der Waals surface area contributed by atoms with Crippen LogP contribution in [0.2, 0.25) is 5.02 Å². The highest BCUT2D eigenvalue weighted by atomic mass is 35.5. The number of carbonyl (C=O) groups is 2. The second-order valence-electron chi connectivity index (χ2n) is 5.24. The minimum Gasteiger partial charge on any atom is -0.484 e. The van der Waals surface area contributed by atoms with Crippen molar-refractivity contribution in [1.82, 2.24) is 10.6 Å². The van der Waals surface area contributed by atoms with Crippen molar-refractivity contribution in [2.24, 2.45) is 0 Å². The molecule has 1 aromatic heterocycles. The predicted octanol–water partition coefficient (Wildman–Crippen LogP) is 2.94. The fourth-order valence-electron chi connectivity index (χ4n) is 2.06. The average Bonchev–Trinajstić information content (AvgIpc) is 3.09. The number of hydrogen-bond acceptors (Lipinski definition) is 4. The van der Waals surface area contributed by atoms with Gasteiger partial charge in [-0.15, -0.1) is 11.3 Å². The van der Waals surface area contributed by atoms with Crippen molar-refractivity contribution in [3.05, 3.63) is 50.7 Å². The molecule has 0 aliphatic heterocycles. The number of nitrogens with one attached hydrogen (secondary N) is 2. The van der Waals surface area contributed by atoms with E-state index in [2.05, 4.69) is 10.6 Å². The average molecular weight is 367 g/mol. The van der Waals surface area contributed by atoms with Crippen LogP contribution in [0.5, 0.6) is 5.75 Å². The Bertz CT molecular complexity index is 694. The molecular formula is C17H19ClN2O3S. The number of halogens is 1. The number of thiophene rings is 1. The maximum absolute atomic E-state index is 11.8. The normalized spacial score (nSPS) is 10.3. The summed E-state index contributed by atoms with van der Waals surface area (Å²) in [7, 11) is 0. The van der Waals surface area contributed by atoms with Gasteiger partial charge in [0.15, 0.2) is 6.61 Å². The molecule has 0 atom stereocenters. The van der Waals surface area contributed by atoms with E-state index in [0.717, 1.165) is 11.1 Å². The number of amides is 2. The molecule has 0 saturated heterocycles. The molecule has 7 heteroatoms. The second-order valence-corrected chi connectivity index (χ2v) is 6.57. The number of rotatable bonds is 7. The summed E-state index contributed by atoms with van der Waals surface area (Å²) in [6.07, 6.45) is 0. The zero-order valence-electron chi connectivity index (χ0n) is 13.5. The first kappa shape index (κ1) is 18.3. The van der Waals surface area contributed by atoms with Crippen LogP contribution in [0.15, 0.2) is 29.6 Å². The molecule has 2 rings (SSSR count). The van der Waals surface area contributed by atoms with Crippen molar-refractivity contribution in [2.75, 3.05) is 19.7 Å². The van der Waals surface area contributed by atoms with E-state index < -0.39 is 0 Å². The number of benzene rings is 1. The quantitative estimate of drug-likeness (QED) is 0.740. The summed E-state index contributed by atoms with van der Waals surface area (Å²) in [5, 5.41) is 7.97. The van der Waals surface area contributed by atoms with Crippen molar-refractivity contribution >= 4 is 34.8 Å². The van der Waals surface area contributed by atoms with Crippen LogP contribution in [-0.4, -0.2) is 31.5 Å². The molecule has 0 fully saturated rings. The Morgan fingerprint density at radius 1 is 1.17 bits per heavy atom. The van der Waals surface area contributed by atoms with Gasteiger partial charge in [0.25, 0.3) is 11.8 Å². The fourth-order valence-corrected chi connectivity index (χ4v) is 2.81. The minimum absolute atomic E-state index is 0.0839. The number of carbonyl (C=O) groups excluding carboxylic acids is 2. The lowest BCUT2D eigenvalue weighted by molar-refractivity contribution is -0.123. The van der Waals surface area contributed by atoms with Gasteiger partial charge in [-0.25, -0.2) is 0 Å². The fraction of sp³-hybridized carbons (Fsp3) is 0.294. The SMILES string of the molecule is Cc1cc(OCC(=O)NCCNC(=O)c2cccs2)cc(C)c1Cl. The van der Waals surface area contributed by atoms with Gasteiger partial charge >= 0.3 is 0 Å². The van der Waals surface area contributed by atoms with E-state index in [1.165, 1.54) is 11.3 Å². The van der Waals surface area contributed by atoms with Gasteiger partial charge in [-0.2, -0.15) is 0 Å². The molecular weight excluding hydrogens is 348 g/mol. The van der Waals surface area contributed by atoms with Crippen molar-refractivity contribution < 1.29 is 14.3 Å². The number of aryl methyl sites for hydroxylation is 2. The van der Waals surface area contributed by atoms with Crippen LogP contribution < -0.4 is 15.4 Å². The first-order chi connectivity index (χ1) is 11.5. The molecule has 0 aliphatic carbocycles. The first-order valence-corrected chi connectivity index (χ1v) is 8.71. The summed E-state index contributed by atoms with van der Waals surface area (Å²) in [5.41, 5.74) is 1.81. The predicted molar refractivity (Wildman–Crippen MR) is 96.1 cm³/mol. The van der Waals surface area contributed by atoms with Gasteiger partial charge < -0.3 is 15.4 Å². The lowest BCUT2D eigenvalue weighted by atomic mass is 10.1. The summed E-state index contributed by atoms with van der Waals surface area (Å²) in [4.78, 5) is 24.1. The monoisotopic (exact) mass is 366 g/mol. The highest BCUT2D eigenvalue weighted by Gasteiger charge is 2.08. The van der Waals surface area contributed by atoms with Gasteiger partial charge in [0.1, 0.15) is 5.75 Å². The largest absolute Gasteiger partial charge is 0.484 e. The summed E-state index contributed by atoms with van der Waals surface area (Å²) < 4.78 is 5.47. The van der Waals surface area contributed by atoms with Crippen LogP contribution in [0.25, 0.3) is 0 Å². The van der Waals surface area contributed by atoms with Crippen LogP contribution in [-0.2, 0) is 4.79 Å². The van der Waals surface area contributed by atoms with E-state index in [1.54, 1.807) is 18.2 Å². The molecule has 1 heterocycles. The topological polar surface area (TPSA) is 67.4 Å². The van der Waals surface area contributed by atoms with Crippen molar-refractivity contribution in [2.45, 2.75) is 13.8 Å². The molecule has 0 aliphatic rings. The van der Waals surface area contributed by atoms with E-state index in [1.807, 2.05) is 25.3 Å². The van der Waals surface area contributed by atoms with E-state index in [0.29, 0.717) is 28.7 Å². The summed E-state index contributed by atoms with van der Waals surface area (Å²) in [6.45, 7) is 4.40. The molecule has 0 saturated carbocycles. The molecule has 2 amide bonds. The second kappa shape index (κ2) is 8.70. The van der Waals surface area contributed by atoms with Gasteiger partial charge in [-0.1, -0.05) is 17.7 Å². The zero-order chi connectivity index (χ0) is 17.5. The van der Waals surface area contributed by atoms with Crippen molar-refractivity contribution in [1.29, 1.82) is 0 Å². The molecule has 2 aromatic rings. The Kier molecular flexibility index (Phi) is 6.63. The van der Waals surface area contributed by atoms with Crippen LogP contribution >= 0.6 is 22.9 Å². The number of ether oxygens (including phenoxy) is 1. The Balaban J connectivity index is 1.67. The molecule has 2 N–H and O–H groups in total. The van der Waals surface area contributed by atoms with Gasteiger partial charge in [-0.3, -0.25) is 9.59 Å². The highest BCUT2D eigenvalue weighted by Crippen LogP contribution is 2.25. The summed E-state index contributed by atoms with van der Waals surface area (Å²) >= 11 is 7.47. The Morgan fingerprint density at radius 3 is 2.46 bits per heavy atom. The van der Waals surface area contributed by atoms with Gasteiger partial charge in [0.05, 0.1) is 4.88 Å². The third kappa shape index (κ3) is 5.25. The van der Waals surface area contributed by atoms with Crippen LogP contribution in [0.4, 0.5) is 0 Å². The summed E-state index contributed by atoms with van der Waals surface area (Å²) in [5.74, 6) is 0.226. The molecule has 0 unspecified atom stereocenters. The smallest absolute Gasteiger partial charge is 0.261 e.